The number of hydrogen-bond donors (Lipinski definition) is 2. The fourth-order valence-electron chi connectivity index (χ4n) is 2.85. The molecule has 0 saturated carbocycles. The lowest BCUT2D eigenvalue weighted by molar-refractivity contribution is -0.120. The van der Waals surface area contributed by atoms with Crippen LogP contribution >= 0.6 is 0 Å². The van der Waals surface area contributed by atoms with E-state index in [4.69, 9.17) is 5.73 Å². The van der Waals surface area contributed by atoms with Gasteiger partial charge in [-0.25, -0.2) is 0 Å². The first-order valence-corrected chi connectivity index (χ1v) is 7.99. The lowest BCUT2D eigenvalue weighted by Crippen LogP contribution is -2.43. The van der Waals surface area contributed by atoms with E-state index in [1.807, 2.05) is 32.0 Å². The molecule has 0 aromatic heterocycles. The summed E-state index contributed by atoms with van der Waals surface area (Å²) in [7, 11) is 0. The Morgan fingerprint density at radius 2 is 1.81 bits per heavy atom. The number of anilines is 2. The monoisotopic (exact) mass is 289 g/mol. The van der Waals surface area contributed by atoms with Gasteiger partial charge in [-0.05, 0) is 57.5 Å². The number of carbonyl (C=O) groups excluding carboxylic acids is 1. The lowest BCUT2D eigenvalue weighted by atomic mass is 10.1. The number of carbonyl (C=O) groups is 1. The van der Waals surface area contributed by atoms with E-state index in [0.29, 0.717) is 5.69 Å². The van der Waals surface area contributed by atoms with Crippen molar-refractivity contribution in [3.05, 3.63) is 23.8 Å². The van der Waals surface area contributed by atoms with Gasteiger partial charge in [0.2, 0.25) is 5.91 Å². The minimum Gasteiger partial charge on any atom is -0.398 e. The van der Waals surface area contributed by atoms with Crippen LogP contribution in [0.2, 0.25) is 0 Å². The lowest BCUT2D eigenvalue weighted by Gasteiger charge is -2.29. The van der Waals surface area contributed by atoms with Gasteiger partial charge in [0.1, 0.15) is 0 Å². The molecule has 0 bridgehead atoms. The molecule has 1 aromatic carbocycles. The van der Waals surface area contributed by atoms with Crippen molar-refractivity contribution in [3.8, 4) is 0 Å². The van der Waals surface area contributed by atoms with Crippen molar-refractivity contribution < 1.29 is 4.79 Å². The number of nitrogen functional groups attached to an aromatic ring is 1. The van der Waals surface area contributed by atoms with Gasteiger partial charge in [0, 0.05) is 11.4 Å². The van der Waals surface area contributed by atoms with Gasteiger partial charge in [0.15, 0.2) is 0 Å². The summed E-state index contributed by atoms with van der Waals surface area (Å²) >= 11 is 0. The summed E-state index contributed by atoms with van der Waals surface area (Å²) in [5.41, 5.74) is 8.36. The Labute approximate surface area is 127 Å². The van der Waals surface area contributed by atoms with Gasteiger partial charge < -0.3 is 11.1 Å². The normalized spacial score (nSPS) is 18.6. The molecule has 0 aliphatic carbocycles. The molecule has 2 rings (SSSR count). The first kappa shape index (κ1) is 15.8. The first-order chi connectivity index (χ1) is 10.1. The highest BCUT2D eigenvalue weighted by Gasteiger charge is 2.22. The molecule has 1 aromatic rings. The van der Waals surface area contributed by atoms with Crippen molar-refractivity contribution in [3.63, 3.8) is 0 Å². The molecule has 21 heavy (non-hydrogen) atoms. The van der Waals surface area contributed by atoms with E-state index in [9.17, 15) is 4.79 Å². The van der Waals surface area contributed by atoms with Gasteiger partial charge >= 0.3 is 0 Å². The summed E-state index contributed by atoms with van der Waals surface area (Å²) in [5.74, 6) is 0.0595. The molecule has 1 aliphatic rings. The number of benzene rings is 1. The predicted molar refractivity (Wildman–Crippen MR) is 88.3 cm³/mol. The van der Waals surface area contributed by atoms with Crippen molar-refractivity contribution in [2.24, 2.45) is 0 Å². The van der Waals surface area contributed by atoms with Crippen LogP contribution in [0, 0.1) is 6.92 Å². The SMILES string of the molecule is Cc1c(N)cccc1NC(=O)C(C)N1CCCCCCC1. The van der Waals surface area contributed by atoms with E-state index in [1.54, 1.807) is 0 Å². The molecule has 0 radical (unpaired) electrons. The Bertz CT molecular complexity index is 479. The number of nitrogens with two attached hydrogens (primary N) is 1. The third-order valence-corrected chi connectivity index (χ3v) is 4.45. The average Bonchev–Trinajstić information content (AvgIpc) is 2.43. The fraction of sp³-hybridized carbons (Fsp3) is 0.588. The summed E-state index contributed by atoms with van der Waals surface area (Å²) in [6.45, 7) is 5.97. The molecule has 4 nitrogen and oxygen atoms in total. The van der Waals surface area contributed by atoms with Crippen molar-refractivity contribution in [2.75, 3.05) is 24.1 Å². The van der Waals surface area contributed by atoms with Crippen LogP contribution in [0.25, 0.3) is 0 Å². The van der Waals surface area contributed by atoms with Crippen molar-refractivity contribution in [1.29, 1.82) is 0 Å². The van der Waals surface area contributed by atoms with Gasteiger partial charge in [0.05, 0.1) is 6.04 Å². The molecular weight excluding hydrogens is 262 g/mol. The maximum Gasteiger partial charge on any atom is 0.241 e. The van der Waals surface area contributed by atoms with E-state index in [0.717, 1.165) is 24.3 Å². The Hall–Kier alpha value is -1.55. The van der Waals surface area contributed by atoms with Gasteiger partial charge in [-0.15, -0.1) is 0 Å². The summed E-state index contributed by atoms with van der Waals surface area (Å²) in [5, 5.41) is 3.02. The van der Waals surface area contributed by atoms with Crippen LogP contribution in [0.5, 0.6) is 0 Å². The Balaban J connectivity index is 1.99. The molecule has 1 fully saturated rings. The topological polar surface area (TPSA) is 58.4 Å². The Morgan fingerprint density at radius 1 is 1.19 bits per heavy atom. The van der Waals surface area contributed by atoms with Crippen molar-refractivity contribution in [1.82, 2.24) is 4.90 Å². The highest BCUT2D eigenvalue weighted by atomic mass is 16.2. The average molecular weight is 289 g/mol. The molecule has 1 saturated heterocycles. The zero-order chi connectivity index (χ0) is 15.2. The summed E-state index contributed by atoms with van der Waals surface area (Å²) in [6, 6.07) is 5.54. The van der Waals surface area contributed by atoms with Gasteiger partial charge in [-0.1, -0.05) is 25.3 Å². The molecule has 3 N–H and O–H groups in total. The highest BCUT2D eigenvalue weighted by Crippen LogP contribution is 2.21. The number of likely N-dealkylation sites (tertiary alicyclic amines) is 1. The maximum absolute atomic E-state index is 12.5. The van der Waals surface area contributed by atoms with Crippen LogP contribution in [0.3, 0.4) is 0 Å². The molecule has 1 heterocycles. The molecule has 4 heteroatoms. The van der Waals surface area contributed by atoms with Crippen molar-refractivity contribution >= 4 is 17.3 Å². The maximum atomic E-state index is 12.5. The van der Waals surface area contributed by atoms with E-state index >= 15 is 0 Å². The minimum atomic E-state index is -0.0936. The molecule has 1 aliphatic heterocycles. The quantitative estimate of drug-likeness (QED) is 0.840. The van der Waals surface area contributed by atoms with E-state index in [-0.39, 0.29) is 11.9 Å². The molecule has 1 amide bonds. The third-order valence-electron chi connectivity index (χ3n) is 4.45. The van der Waals surface area contributed by atoms with E-state index in [1.165, 1.54) is 32.1 Å². The van der Waals surface area contributed by atoms with Crippen LogP contribution in [-0.2, 0) is 4.79 Å². The minimum absolute atomic E-state index is 0.0595. The van der Waals surface area contributed by atoms with Gasteiger partial charge in [-0.3, -0.25) is 9.69 Å². The number of nitrogens with zero attached hydrogens (tertiary/aromatic N) is 1. The molecule has 116 valence electrons. The Morgan fingerprint density at radius 3 is 2.48 bits per heavy atom. The summed E-state index contributed by atoms with van der Waals surface area (Å²) in [6.07, 6.45) is 6.26. The number of nitrogens with one attached hydrogen (secondary N) is 1. The van der Waals surface area contributed by atoms with Gasteiger partial charge in [-0.2, -0.15) is 0 Å². The van der Waals surface area contributed by atoms with Crippen molar-refractivity contribution in [2.45, 2.75) is 52.0 Å². The van der Waals surface area contributed by atoms with Crippen LogP contribution in [-0.4, -0.2) is 29.9 Å². The summed E-state index contributed by atoms with van der Waals surface area (Å²) < 4.78 is 0. The third kappa shape index (κ3) is 4.21. The molecular formula is C17H27N3O. The van der Waals surface area contributed by atoms with Crippen LogP contribution in [0.15, 0.2) is 18.2 Å². The second kappa shape index (κ2) is 7.46. The largest absolute Gasteiger partial charge is 0.398 e. The standard InChI is InChI=1S/C17H27N3O/c1-13-15(18)9-8-10-16(13)19-17(21)14(2)20-11-6-4-3-5-7-12-20/h8-10,14H,3-7,11-12,18H2,1-2H3,(H,19,21). The zero-order valence-electron chi connectivity index (χ0n) is 13.2. The fourth-order valence-corrected chi connectivity index (χ4v) is 2.85. The number of hydrogen-bond acceptors (Lipinski definition) is 3. The molecule has 0 spiro atoms. The van der Waals surface area contributed by atoms with Crippen LogP contribution < -0.4 is 11.1 Å². The summed E-state index contributed by atoms with van der Waals surface area (Å²) in [4.78, 5) is 14.8. The predicted octanol–water partition coefficient (Wildman–Crippen LogP) is 3.17. The second-order valence-electron chi connectivity index (χ2n) is 5.99. The van der Waals surface area contributed by atoms with Crippen LogP contribution in [0.4, 0.5) is 11.4 Å². The number of amides is 1. The van der Waals surface area contributed by atoms with E-state index in [2.05, 4.69) is 10.2 Å². The molecule has 1 unspecified atom stereocenters. The first-order valence-electron chi connectivity index (χ1n) is 7.99. The van der Waals surface area contributed by atoms with E-state index < -0.39 is 0 Å². The second-order valence-corrected chi connectivity index (χ2v) is 5.99. The van der Waals surface area contributed by atoms with Gasteiger partial charge in [0.25, 0.3) is 0 Å². The Kier molecular flexibility index (Phi) is 5.62. The molecule has 1 atom stereocenters. The zero-order valence-corrected chi connectivity index (χ0v) is 13.2. The van der Waals surface area contributed by atoms with Crippen LogP contribution in [0.1, 0.15) is 44.6 Å². The number of rotatable bonds is 3. The smallest absolute Gasteiger partial charge is 0.241 e. The highest BCUT2D eigenvalue weighted by molar-refractivity contribution is 5.95.